The van der Waals surface area contributed by atoms with Crippen LogP contribution in [0.5, 0.6) is 0 Å². The summed E-state index contributed by atoms with van der Waals surface area (Å²) in [6.45, 7) is 7.32. The van der Waals surface area contributed by atoms with Gasteiger partial charge in [0.1, 0.15) is 0 Å². The molecule has 0 bridgehead atoms. The first-order chi connectivity index (χ1) is 11.4. The molecule has 3 heteroatoms. The summed E-state index contributed by atoms with van der Waals surface area (Å²) in [7, 11) is 0. The van der Waals surface area contributed by atoms with Gasteiger partial charge in [-0.05, 0) is 92.8 Å². The van der Waals surface area contributed by atoms with E-state index in [1.54, 1.807) is 5.56 Å². The van der Waals surface area contributed by atoms with E-state index in [9.17, 15) is 5.11 Å². The van der Waals surface area contributed by atoms with Crippen LogP contribution in [0.4, 0.5) is 0 Å². The van der Waals surface area contributed by atoms with E-state index in [2.05, 4.69) is 31.0 Å². The highest BCUT2D eigenvalue weighted by molar-refractivity contribution is 5.40. The van der Waals surface area contributed by atoms with Crippen molar-refractivity contribution < 1.29 is 5.11 Å². The van der Waals surface area contributed by atoms with Crippen LogP contribution >= 0.6 is 0 Å². The first-order valence-electron chi connectivity index (χ1n) is 10.2. The molecule has 0 aromatic carbocycles. The molecule has 0 unspecified atom stereocenters. The number of aromatic nitrogens is 2. The highest BCUT2D eigenvalue weighted by Crippen LogP contribution is 2.65. The summed E-state index contributed by atoms with van der Waals surface area (Å²) in [4.78, 5) is 0. The Kier molecular flexibility index (Phi) is 3.13. The van der Waals surface area contributed by atoms with Crippen LogP contribution in [0.3, 0.4) is 0 Å². The maximum Gasteiger partial charge on any atom is 0.0665 e. The van der Waals surface area contributed by atoms with Crippen molar-refractivity contribution in [2.75, 3.05) is 0 Å². The normalized spacial score (nSPS) is 49.9. The Hall–Kier alpha value is -0.830. The van der Waals surface area contributed by atoms with Crippen molar-refractivity contribution in [2.24, 2.45) is 29.1 Å². The van der Waals surface area contributed by atoms with Gasteiger partial charge in [-0.3, -0.25) is 5.10 Å². The molecule has 1 heterocycles. The van der Waals surface area contributed by atoms with Gasteiger partial charge in [0.15, 0.2) is 0 Å². The van der Waals surface area contributed by atoms with Crippen molar-refractivity contribution in [1.82, 2.24) is 10.2 Å². The lowest BCUT2D eigenvalue weighted by atomic mass is 9.45. The fraction of sp³-hybridized carbons (Fsp3) is 0.857. The Morgan fingerprint density at radius 1 is 1.08 bits per heavy atom. The summed E-state index contributed by atoms with van der Waals surface area (Å²) in [6, 6.07) is 0. The maximum absolute atomic E-state index is 10.2. The first kappa shape index (κ1) is 15.4. The Morgan fingerprint density at radius 3 is 2.75 bits per heavy atom. The molecule has 7 atom stereocenters. The molecule has 3 nitrogen and oxygen atoms in total. The summed E-state index contributed by atoms with van der Waals surface area (Å²) in [5, 5.41) is 18.1. The van der Waals surface area contributed by atoms with Crippen LogP contribution in [0.25, 0.3) is 0 Å². The summed E-state index contributed by atoms with van der Waals surface area (Å²) >= 11 is 0. The molecular formula is C21H32N2O. The van der Waals surface area contributed by atoms with E-state index in [-0.39, 0.29) is 6.10 Å². The molecule has 3 saturated carbocycles. The van der Waals surface area contributed by atoms with E-state index >= 15 is 0 Å². The van der Waals surface area contributed by atoms with Crippen molar-refractivity contribution in [3.8, 4) is 0 Å². The van der Waals surface area contributed by atoms with Gasteiger partial charge in [-0.1, -0.05) is 13.8 Å². The Bertz CT molecular complexity index is 667. The zero-order chi connectivity index (χ0) is 16.7. The van der Waals surface area contributed by atoms with Crippen molar-refractivity contribution in [3.63, 3.8) is 0 Å². The number of H-pyrrole nitrogens is 1. The van der Waals surface area contributed by atoms with E-state index in [1.807, 2.05) is 0 Å². The number of aryl methyl sites for hydroxylation is 1. The Balaban J connectivity index is 1.50. The molecule has 1 aromatic heterocycles. The topological polar surface area (TPSA) is 48.9 Å². The summed E-state index contributed by atoms with van der Waals surface area (Å²) < 4.78 is 0. The van der Waals surface area contributed by atoms with Crippen LogP contribution in [0.1, 0.15) is 75.7 Å². The molecule has 0 saturated heterocycles. The summed E-state index contributed by atoms with van der Waals surface area (Å²) in [5.74, 6) is 3.29. The number of fused-ring (bicyclic) bond motifs is 7. The lowest BCUT2D eigenvalue weighted by Gasteiger charge is -2.60. The molecule has 0 aliphatic heterocycles. The smallest absolute Gasteiger partial charge is 0.0665 e. The second-order valence-electron chi connectivity index (χ2n) is 9.92. The number of nitrogens with zero attached hydrogens (tertiary/aromatic N) is 1. The minimum Gasteiger partial charge on any atom is -0.393 e. The molecule has 5 rings (SSSR count). The van der Waals surface area contributed by atoms with Crippen molar-refractivity contribution in [3.05, 3.63) is 17.0 Å². The quantitative estimate of drug-likeness (QED) is 0.752. The molecule has 2 N–H and O–H groups in total. The van der Waals surface area contributed by atoms with Gasteiger partial charge in [0.25, 0.3) is 0 Å². The van der Waals surface area contributed by atoms with Gasteiger partial charge in [-0.25, -0.2) is 0 Å². The van der Waals surface area contributed by atoms with E-state index in [0.29, 0.717) is 10.8 Å². The minimum absolute atomic E-state index is 0.0347. The molecule has 0 amide bonds. The van der Waals surface area contributed by atoms with Crippen molar-refractivity contribution >= 4 is 0 Å². The Morgan fingerprint density at radius 2 is 1.92 bits per heavy atom. The average Bonchev–Trinajstić information content (AvgIpc) is 3.06. The second kappa shape index (κ2) is 4.87. The minimum atomic E-state index is -0.0347. The van der Waals surface area contributed by atoms with Crippen molar-refractivity contribution in [2.45, 2.75) is 83.7 Å². The van der Waals surface area contributed by atoms with Crippen LogP contribution in [0.2, 0.25) is 0 Å². The van der Waals surface area contributed by atoms with Crippen molar-refractivity contribution in [1.29, 1.82) is 0 Å². The summed E-state index contributed by atoms with van der Waals surface area (Å²) in [6.07, 6.45) is 9.92. The average molecular weight is 329 g/mol. The number of hydrogen-bond acceptors (Lipinski definition) is 2. The number of aromatic amines is 1. The molecule has 3 fully saturated rings. The third kappa shape index (κ3) is 1.80. The maximum atomic E-state index is 10.2. The van der Waals surface area contributed by atoms with Gasteiger partial charge in [-0.15, -0.1) is 0 Å². The zero-order valence-electron chi connectivity index (χ0n) is 15.4. The second-order valence-corrected chi connectivity index (χ2v) is 9.92. The number of hydrogen-bond donors (Lipinski definition) is 2. The molecule has 0 radical (unpaired) electrons. The number of aliphatic hydroxyl groups excluding tert-OH is 1. The van der Waals surface area contributed by atoms with Crippen LogP contribution in [0.15, 0.2) is 0 Å². The third-order valence-corrected chi connectivity index (χ3v) is 9.03. The molecular weight excluding hydrogens is 296 g/mol. The predicted molar refractivity (Wildman–Crippen MR) is 94.8 cm³/mol. The number of aliphatic hydroxyl groups is 1. The van der Waals surface area contributed by atoms with E-state index in [1.165, 1.54) is 49.9 Å². The van der Waals surface area contributed by atoms with Gasteiger partial charge in [0.05, 0.1) is 11.8 Å². The highest BCUT2D eigenvalue weighted by Gasteiger charge is 2.59. The van der Waals surface area contributed by atoms with Crippen LogP contribution in [-0.4, -0.2) is 21.4 Å². The summed E-state index contributed by atoms with van der Waals surface area (Å²) in [5.41, 5.74) is 5.08. The fourth-order valence-electron chi connectivity index (χ4n) is 7.84. The van der Waals surface area contributed by atoms with E-state index < -0.39 is 0 Å². The van der Waals surface area contributed by atoms with Gasteiger partial charge in [-0.2, -0.15) is 5.10 Å². The fourth-order valence-corrected chi connectivity index (χ4v) is 7.84. The lowest BCUT2D eigenvalue weighted by molar-refractivity contribution is -0.111. The molecule has 132 valence electrons. The zero-order valence-corrected chi connectivity index (χ0v) is 15.4. The number of rotatable bonds is 0. The van der Waals surface area contributed by atoms with Crippen LogP contribution in [0, 0.1) is 36.0 Å². The monoisotopic (exact) mass is 328 g/mol. The van der Waals surface area contributed by atoms with Crippen LogP contribution in [-0.2, 0) is 11.8 Å². The molecule has 24 heavy (non-hydrogen) atoms. The largest absolute Gasteiger partial charge is 0.393 e. The first-order valence-corrected chi connectivity index (χ1v) is 10.2. The predicted octanol–water partition coefficient (Wildman–Crippen LogP) is 4.14. The SMILES string of the molecule is Cc1[nH]nc2c1[C@@]1(C)CC[C@@H]3[C@H](CC[C@H]4C[C@@H](O)CC[C@@]43C)[C@H]1C2. The third-order valence-electron chi connectivity index (χ3n) is 9.03. The Labute approximate surface area is 145 Å². The van der Waals surface area contributed by atoms with Gasteiger partial charge in [0, 0.05) is 11.3 Å². The van der Waals surface area contributed by atoms with E-state index in [0.717, 1.165) is 36.5 Å². The highest BCUT2D eigenvalue weighted by atomic mass is 16.3. The van der Waals surface area contributed by atoms with Gasteiger partial charge in [0.2, 0.25) is 0 Å². The van der Waals surface area contributed by atoms with Crippen LogP contribution < -0.4 is 0 Å². The standard InChI is InChI=1S/C21H32N2O/c1-12-19-18(23-22-12)11-17-15-5-4-13-10-14(24)6-8-20(13,2)16(15)7-9-21(17,19)3/h13-17,24H,4-11H2,1-3H3,(H,22,23)/t13-,14-,15-,16+,17+,20-,21-/m0/s1. The molecule has 4 aliphatic rings. The van der Waals surface area contributed by atoms with Gasteiger partial charge >= 0.3 is 0 Å². The molecule has 1 aromatic rings. The molecule has 0 spiro atoms. The lowest BCUT2D eigenvalue weighted by Crippen LogP contribution is -2.54. The van der Waals surface area contributed by atoms with Gasteiger partial charge < -0.3 is 5.11 Å². The molecule has 4 aliphatic carbocycles. The van der Waals surface area contributed by atoms with E-state index in [4.69, 9.17) is 0 Å². The number of nitrogens with one attached hydrogen (secondary N) is 1.